The maximum atomic E-state index is 12.2. The van der Waals surface area contributed by atoms with Crippen LogP contribution in [-0.4, -0.2) is 18.9 Å². The quantitative estimate of drug-likeness (QED) is 0.178. The Balaban J connectivity index is 2.24. The molecule has 5 nitrogen and oxygen atoms in total. The van der Waals surface area contributed by atoms with Gasteiger partial charge in [-0.2, -0.15) is 8.42 Å². The van der Waals surface area contributed by atoms with Crippen molar-refractivity contribution < 1.29 is 22.5 Å². The Morgan fingerprint density at radius 1 is 0.955 bits per heavy atom. The van der Waals surface area contributed by atoms with E-state index in [0.717, 1.165) is 10.7 Å². The molecule has 1 N–H and O–H groups in total. The van der Waals surface area contributed by atoms with Crippen LogP contribution in [0.4, 0.5) is 0 Å². The summed E-state index contributed by atoms with van der Waals surface area (Å²) < 4.78 is 38.8. The molecular formula is C13H7I3O5S. The van der Waals surface area contributed by atoms with Crippen LogP contribution in [0.25, 0.3) is 0 Å². The highest BCUT2D eigenvalue weighted by atomic mass is 127. The minimum Gasteiger partial charge on any atom is -0.423 e. The van der Waals surface area contributed by atoms with Crippen LogP contribution in [-0.2, 0) is 10.1 Å². The fourth-order valence-corrected chi connectivity index (χ4v) is 4.13. The Morgan fingerprint density at radius 3 is 2.09 bits per heavy atom. The Morgan fingerprint density at radius 2 is 1.55 bits per heavy atom. The van der Waals surface area contributed by atoms with Gasteiger partial charge in [-0.1, -0.05) is 0 Å². The molecule has 0 bridgehead atoms. The lowest BCUT2D eigenvalue weighted by Gasteiger charge is -2.08. The van der Waals surface area contributed by atoms with Crippen LogP contribution in [0.5, 0.6) is 5.75 Å². The third kappa shape index (κ3) is 4.30. The smallest absolute Gasteiger partial charge is 0.344 e. The molecule has 2 aromatic carbocycles. The maximum absolute atomic E-state index is 12.2. The second kappa shape index (κ2) is 7.27. The van der Waals surface area contributed by atoms with Crippen LogP contribution in [0.1, 0.15) is 10.4 Å². The first-order valence-corrected chi connectivity index (χ1v) is 10.3. The summed E-state index contributed by atoms with van der Waals surface area (Å²) in [6.45, 7) is 0. The number of rotatable bonds is 3. The molecule has 2 rings (SSSR count). The lowest BCUT2D eigenvalue weighted by atomic mass is 10.2. The molecular weight excluding hydrogens is 649 g/mol. The number of hydrogen-bond donors (Lipinski definition) is 1. The van der Waals surface area contributed by atoms with Gasteiger partial charge in [-0.3, -0.25) is 4.55 Å². The zero-order chi connectivity index (χ0) is 16.5. The van der Waals surface area contributed by atoms with Gasteiger partial charge in [0.1, 0.15) is 5.75 Å². The zero-order valence-corrected chi connectivity index (χ0v) is 17.9. The van der Waals surface area contributed by atoms with Crippen molar-refractivity contribution in [1.82, 2.24) is 0 Å². The van der Waals surface area contributed by atoms with E-state index in [1.165, 1.54) is 24.3 Å². The summed E-state index contributed by atoms with van der Waals surface area (Å²) in [5.74, 6) is -0.333. The van der Waals surface area contributed by atoms with Crippen molar-refractivity contribution in [2.75, 3.05) is 0 Å². The van der Waals surface area contributed by atoms with Gasteiger partial charge in [-0.05, 0) is 104 Å². The third-order valence-electron chi connectivity index (χ3n) is 2.59. The first kappa shape index (κ1) is 18.4. The minimum atomic E-state index is -4.26. The summed E-state index contributed by atoms with van der Waals surface area (Å²) in [4.78, 5) is 11.9. The van der Waals surface area contributed by atoms with E-state index < -0.39 is 16.1 Å². The molecule has 9 heteroatoms. The highest BCUT2D eigenvalue weighted by Crippen LogP contribution is 2.26. The standard InChI is InChI=1S/C13H7I3O5S/c14-10-6-5-9(11(15)12(10)16)13(17)21-7-1-3-8(4-2-7)22(18,19)20/h1-6H,(H,18,19,20). The van der Waals surface area contributed by atoms with Crippen molar-refractivity contribution in [3.05, 3.63) is 52.7 Å². The van der Waals surface area contributed by atoms with Gasteiger partial charge in [-0.15, -0.1) is 0 Å². The maximum Gasteiger partial charge on any atom is 0.344 e. The normalized spacial score (nSPS) is 11.3. The number of carbonyl (C=O) groups excluding carboxylic acids is 1. The molecule has 0 fully saturated rings. The molecule has 22 heavy (non-hydrogen) atoms. The SMILES string of the molecule is O=C(Oc1ccc(S(=O)(=O)O)cc1)c1ccc(I)c(I)c1I. The van der Waals surface area contributed by atoms with Crippen molar-refractivity contribution in [1.29, 1.82) is 0 Å². The van der Waals surface area contributed by atoms with Gasteiger partial charge in [0.25, 0.3) is 10.1 Å². The summed E-state index contributed by atoms with van der Waals surface area (Å²) in [6, 6.07) is 8.46. The second-order valence-corrected chi connectivity index (χ2v) is 8.80. The van der Waals surface area contributed by atoms with E-state index in [0.29, 0.717) is 5.56 Å². The topological polar surface area (TPSA) is 80.7 Å². The molecule has 0 unspecified atom stereocenters. The third-order valence-corrected chi connectivity index (χ3v) is 8.66. The number of halogens is 3. The van der Waals surface area contributed by atoms with Crippen LogP contribution >= 0.6 is 67.8 Å². The monoisotopic (exact) mass is 656 g/mol. The van der Waals surface area contributed by atoms with E-state index >= 15 is 0 Å². The molecule has 0 radical (unpaired) electrons. The number of hydrogen-bond acceptors (Lipinski definition) is 4. The van der Waals surface area contributed by atoms with Gasteiger partial charge in [0.15, 0.2) is 0 Å². The van der Waals surface area contributed by atoms with Crippen molar-refractivity contribution in [3.63, 3.8) is 0 Å². The van der Waals surface area contributed by atoms with E-state index in [1.54, 1.807) is 6.07 Å². The lowest BCUT2D eigenvalue weighted by Crippen LogP contribution is -2.11. The highest BCUT2D eigenvalue weighted by Gasteiger charge is 2.17. The molecule has 0 spiro atoms. The van der Waals surface area contributed by atoms with Crippen LogP contribution in [0.2, 0.25) is 0 Å². The largest absolute Gasteiger partial charge is 0.423 e. The molecule has 0 amide bonds. The Bertz CT molecular complexity index is 831. The first-order chi connectivity index (χ1) is 10.2. The van der Waals surface area contributed by atoms with Crippen LogP contribution in [0, 0.1) is 10.7 Å². The summed E-state index contributed by atoms with van der Waals surface area (Å²) in [5.41, 5.74) is 0.435. The molecule has 116 valence electrons. The average Bonchev–Trinajstić information content (AvgIpc) is 2.44. The second-order valence-electron chi connectivity index (χ2n) is 4.06. The molecule has 0 saturated heterocycles. The van der Waals surface area contributed by atoms with Crippen molar-refractivity contribution in [2.24, 2.45) is 0 Å². The number of ether oxygens (including phenoxy) is 1. The molecule has 0 heterocycles. The fraction of sp³-hybridized carbons (Fsp3) is 0. The molecule has 0 atom stereocenters. The van der Waals surface area contributed by atoms with Gasteiger partial charge in [0.05, 0.1) is 10.5 Å². The molecule has 2 aromatic rings. The zero-order valence-electron chi connectivity index (χ0n) is 10.6. The van der Waals surface area contributed by atoms with Crippen LogP contribution in [0.3, 0.4) is 0 Å². The van der Waals surface area contributed by atoms with Crippen molar-refractivity contribution in [3.8, 4) is 5.75 Å². The highest BCUT2D eigenvalue weighted by molar-refractivity contribution is 14.1. The minimum absolute atomic E-state index is 0.196. The van der Waals surface area contributed by atoms with Gasteiger partial charge in [0, 0.05) is 10.7 Å². The van der Waals surface area contributed by atoms with Crippen LogP contribution < -0.4 is 4.74 Å². The van der Waals surface area contributed by atoms with E-state index in [9.17, 15) is 13.2 Å². The number of esters is 1. The Kier molecular flexibility index (Phi) is 6.07. The van der Waals surface area contributed by atoms with Gasteiger partial charge in [0.2, 0.25) is 0 Å². The van der Waals surface area contributed by atoms with E-state index in [-0.39, 0.29) is 10.6 Å². The number of benzene rings is 2. The molecule has 0 aliphatic heterocycles. The van der Waals surface area contributed by atoms with E-state index in [4.69, 9.17) is 9.29 Å². The van der Waals surface area contributed by atoms with Crippen LogP contribution in [0.15, 0.2) is 41.3 Å². The van der Waals surface area contributed by atoms with Gasteiger partial charge >= 0.3 is 5.97 Å². The predicted molar refractivity (Wildman–Crippen MR) is 106 cm³/mol. The summed E-state index contributed by atoms with van der Waals surface area (Å²) in [6.07, 6.45) is 0. The fourth-order valence-electron chi connectivity index (χ4n) is 1.53. The molecule has 0 aromatic heterocycles. The lowest BCUT2D eigenvalue weighted by molar-refractivity contribution is 0.0733. The van der Waals surface area contributed by atoms with E-state index in [2.05, 4.69) is 67.8 Å². The summed E-state index contributed by atoms with van der Waals surface area (Å²) >= 11 is 6.41. The predicted octanol–water partition coefficient (Wildman–Crippen LogP) is 3.97. The van der Waals surface area contributed by atoms with Crippen molar-refractivity contribution >= 4 is 83.9 Å². The molecule has 0 aliphatic rings. The number of carbonyl (C=O) groups is 1. The van der Waals surface area contributed by atoms with Gasteiger partial charge in [-0.25, -0.2) is 4.79 Å². The summed E-state index contributed by atoms with van der Waals surface area (Å²) in [7, 11) is -4.26. The van der Waals surface area contributed by atoms with Crippen molar-refractivity contribution in [2.45, 2.75) is 4.90 Å². The summed E-state index contributed by atoms with van der Waals surface area (Å²) in [5, 5.41) is 0. The Labute approximate surface area is 168 Å². The van der Waals surface area contributed by atoms with Gasteiger partial charge < -0.3 is 4.74 Å². The Hall–Kier alpha value is 0.0100. The first-order valence-electron chi connectivity index (χ1n) is 5.63. The average molecular weight is 656 g/mol. The van der Waals surface area contributed by atoms with E-state index in [1.807, 2.05) is 6.07 Å². The molecule has 0 aliphatic carbocycles. The molecule has 0 saturated carbocycles.